The number of benzene rings is 1. The third kappa shape index (κ3) is 4.49. The summed E-state index contributed by atoms with van der Waals surface area (Å²) in [6, 6.07) is 6.61. The molecule has 0 fully saturated rings. The zero-order valence-corrected chi connectivity index (χ0v) is 13.3. The molecule has 2 aromatic rings. The fraction of sp³-hybridized carbons (Fsp3) is 0.400. The number of nitrogens with zero attached hydrogens (tertiary/aromatic N) is 2. The lowest BCUT2D eigenvalue weighted by atomic mass is 10.2. The topological polar surface area (TPSA) is 85.5 Å². The largest absolute Gasteiger partial charge is 0.493 e. The van der Waals surface area contributed by atoms with Gasteiger partial charge in [0.15, 0.2) is 0 Å². The summed E-state index contributed by atoms with van der Waals surface area (Å²) < 4.78 is 11.0. The molecule has 1 aromatic heterocycles. The minimum Gasteiger partial charge on any atom is -0.493 e. The monoisotopic (exact) mass is 322 g/mol. The second-order valence-electron chi connectivity index (χ2n) is 4.91. The van der Waals surface area contributed by atoms with E-state index in [2.05, 4.69) is 10.2 Å². The molecule has 0 bridgehead atoms. The molecule has 0 aliphatic heterocycles. The van der Waals surface area contributed by atoms with Crippen molar-refractivity contribution in [1.82, 2.24) is 10.2 Å². The van der Waals surface area contributed by atoms with E-state index >= 15 is 0 Å². The minimum atomic E-state index is -0.989. The van der Waals surface area contributed by atoms with Crippen molar-refractivity contribution in [2.75, 3.05) is 12.4 Å². The number of hydrogen-bond acceptors (Lipinski definition) is 6. The Morgan fingerprint density at radius 3 is 2.82 bits per heavy atom. The van der Waals surface area contributed by atoms with Gasteiger partial charge in [0.05, 0.1) is 6.61 Å². The summed E-state index contributed by atoms with van der Waals surface area (Å²) in [5.41, 5.74) is 0.175. The number of para-hydroxylation sites is 1. The molecule has 0 saturated carbocycles. The van der Waals surface area contributed by atoms with Gasteiger partial charge in [0.2, 0.25) is 5.89 Å². The van der Waals surface area contributed by atoms with Crippen LogP contribution in [0.2, 0.25) is 0 Å². The number of carbonyl (C=O) groups is 1. The van der Waals surface area contributed by atoms with Crippen molar-refractivity contribution >= 4 is 17.7 Å². The number of aromatic carboxylic acids is 1. The summed E-state index contributed by atoms with van der Waals surface area (Å²) in [6.45, 7) is 4.42. The van der Waals surface area contributed by atoms with Crippen molar-refractivity contribution in [1.29, 1.82) is 0 Å². The molecule has 0 spiro atoms. The maximum absolute atomic E-state index is 11.0. The lowest BCUT2D eigenvalue weighted by Gasteiger charge is -2.08. The second kappa shape index (κ2) is 7.84. The van der Waals surface area contributed by atoms with Crippen LogP contribution in [0.5, 0.6) is 5.75 Å². The maximum Gasteiger partial charge on any atom is 0.339 e. The summed E-state index contributed by atoms with van der Waals surface area (Å²) >= 11 is 1.47. The Labute approximate surface area is 132 Å². The molecule has 0 aliphatic carbocycles. The molecule has 7 heteroatoms. The van der Waals surface area contributed by atoms with Crippen LogP contribution in [0.25, 0.3) is 0 Å². The highest BCUT2D eigenvalue weighted by Crippen LogP contribution is 2.21. The summed E-state index contributed by atoms with van der Waals surface area (Å²) in [4.78, 5) is 11.0. The quantitative estimate of drug-likeness (QED) is 0.588. The molecule has 2 rings (SSSR count). The molecule has 0 unspecified atom stereocenters. The van der Waals surface area contributed by atoms with Crippen LogP contribution in [0.3, 0.4) is 0 Å². The second-order valence-corrected chi connectivity index (χ2v) is 5.96. The molecule has 1 heterocycles. The van der Waals surface area contributed by atoms with Crippen molar-refractivity contribution < 1.29 is 19.1 Å². The molecule has 1 N–H and O–H groups in total. The summed E-state index contributed by atoms with van der Waals surface area (Å²) in [6.07, 6.45) is 0.748. The average molecular weight is 322 g/mol. The molecule has 0 saturated heterocycles. The molecule has 0 amide bonds. The Balaban J connectivity index is 1.74. The zero-order chi connectivity index (χ0) is 15.9. The van der Waals surface area contributed by atoms with Gasteiger partial charge >= 0.3 is 5.97 Å². The van der Waals surface area contributed by atoms with Crippen molar-refractivity contribution in [3.63, 3.8) is 0 Å². The van der Waals surface area contributed by atoms with E-state index in [1.165, 1.54) is 17.8 Å². The first-order valence-corrected chi connectivity index (χ1v) is 7.98. The molecule has 0 aliphatic rings. The van der Waals surface area contributed by atoms with Crippen molar-refractivity contribution in [3.8, 4) is 5.75 Å². The standard InChI is InChI=1S/C15H18N2O4S/c1-10(2)13-16-17-15(21-13)22-9-5-8-20-12-7-4-3-6-11(12)14(18)19/h3-4,6-7,10H,5,8-9H2,1-2H3,(H,18,19). The number of rotatable bonds is 8. The third-order valence-corrected chi connectivity index (χ3v) is 3.71. The summed E-state index contributed by atoms with van der Waals surface area (Å²) in [7, 11) is 0. The Hall–Kier alpha value is -2.02. The van der Waals surface area contributed by atoms with E-state index in [1.807, 2.05) is 13.8 Å². The number of ether oxygens (including phenoxy) is 1. The van der Waals surface area contributed by atoms with Gasteiger partial charge in [0.25, 0.3) is 5.22 Å². The van der Waals surface area contributed by atoms with Crippen LogP contribution in [0.15, 0.2) is 33.9 Å². The van der Waals surface area contributed by atoms with Crippen LogP contribution in [-0.4, -0.2) is 33.6 Å². The van der Waals surface area contributed by atoms with Gasteiger partial charge in [-0.05, 0) is 18.6 Å². The van der Waals surface area contributed by atoms with Gasteiger partial charge in [-0.3, -0.25) is 0 Å². The molecule has 0 atom stereocenters. The van der Waals surface area contributed by atoms with Crippen LogP contribution in [0, 0.1) is 0 Å². The van der Waals surface area contributed by atoms with Gasteiger partial charge in [-0.25, -0.2) is 4.79 Å². The highest BCUT2D eigenvalue weighted by Gasteiger charge is 2.11. The third-order valence-electron chi connectivity index (χ3n) is 2.81. The Bertz CT molecular complexity index is 628. The lowest BCUT2D eigenvalue weighted by molar-refractivity contribution is 0.0692. The molecular weight excluding hydrogens is 304 g/mol. The molecule has 6 nitrogen and oxygen atoms in total. The smallest absolute Gasteiger partial charge is 0.339 e. The van der Waals surface area contributed by atoms with E-state index in [4.69, 9.17) is 14.3 Å². The molecular formula is C15H18N2O4S. The van der Waals surface area contributed by atoms with E-state index in [1.54, 1.807) is 18.2 Å². The first-order chi connectivity index (χ1) is 10.6. The maximum atomic E-state index is 11.0. The minimum absolute atomic E-state index is 0.175. The number of aromatic nitrogens is 2. The zero-order valence-electron chi connectivity index (χ0n) is 12.5. The first-order valence-electron chi connectivity index (χ1n) is 6.99. The van der Waals surface area contributed by atoms with Crippen LogP contribution in [0.4, 0.5) is 0 Å². The molecule has 1 aromatic carbocycles. The highest BCUT2D eigenvalue weighted by molar-refractivity contribution is 7.99. The van der Waals surface area contributed by atoms with Gasteiger partial charge in [-0.1, -0.05) is 37.7 Å². The Morgan fingerprint density at radius 1 is 1.36 bits per heavy atom. The average Bonchev–Trinajstić information content (AvgIpc) is 2.96. The van der Waals surface area contributed by atoms with E-state index in [0.717, 1.165) is 12.2 Å². The van der Waals surface area contributed by atoms with Crippen LogP contribution in [-0.2, 0) is 0 Å². The van der Waals surface area contributed by atoms with Gasteiger partial charge in [-0.15, -0.1) is 10.2 Å². The van der Waals surface area contributed by atoms with E-state index < -0.39 is 5.97 Å². The molecule has 118 valence electrons. The van der Waals surface area contributed by atoms with E-state index in [9.17, 15) is 4.79 Å². The Kier molecular flexibility index (Phi) is 5.83. The van der Waals surface area contributed by atoms with E-state index in [-0.39, 0.29) is 11.5 Å². The van der Waals surface area contributed by atoms with Crippen LogP contribution < -0.4 is 4.74 Å². The van der Waals surface area contributed by atoms with E-state index in [0.29, 0.717) is 23.5 Å². The SMILES string of the molecule is CC(C)c1nnc(SCCCOc2ccccc2C(=O)O)o1. The molecule has 22 heavy (non-hydrogen) atoms. The predicted octanol–water partition coefficient (Wildman–Crippen LogP) is 3.45. The van der Waals surface area contributed by atoms with Gasteiger partial charge < -0.3 is 14.3 Å². The summed E-state index contributed by atoms with van der Waals surface area (Å²) in [5, 5.41) is 17.5. The fourth-order valence-corrected chi connectivity index (χ4v) is 2.36. The predicted molar refractivity (Wildman–Crippen MR) is 82.6 cm³/mol. The summed E-state index contributed by atoms with van der Waals surface area (Å²) in [5.74, 6) is 1.01. The van der Waals surface area contributed by atoms with Crippen molar-refractivity contribution in [2.24, 2.45) is 0 Å². The number of hydrogen-bond donors (Lipinski definition) is 1. The van der Waals surface area contributed by atoms with Crippen LogP contribution in [0.1, 0.15) is 42.4 Å². The lowest BCUT2D eigenvalue weighted by Crippen LogP contribution is -2.04. The number of carboxylic acids is 1. The number of thioether (sulfide) groups is 1. The Morgan fingerprint density at radius 2 is 2.14 bits per heavy atom. The van der Waals surface area contributed by atoms with Gasteiger partial charge in [0.1, 0.15) is 11.3 Å². The normalized spacial score (nSPS) is 10.9. The van der Waals surface area contributed by atoms with Gasteiger partial charge in [-0.2, -0.15) is 0 Å². The van der Waals surface area contributed by atoms with Crippen molar-refractivity contribution in [3.05, 3.63) is 35.7 Å². The van der Waals surface area contributed by atoms with Gasteiger partial charge in [0, 0.05) is 11.7 Å². The first kappa shape index (κ1) is 16.4. The highest BCUT2D eigenvalue weighted by atomic mass is 32.2. The van der Waals surface area contributed by atoms with Crippen LogP contribution >= 0.6 is 11.8 Å². The number of carboxylic acid groups (broad SMARTS) is 1. The van der Waals surface area contributed by atoms with Crippen molar-refractivity contribution in [2.45, 2.75) is 31.4 Å². The molecule has 0 radical (unpaired) electrons. The fourth-order valence-electron chi connectivity index (χ4n) is 1.68.